The van der Waals surface area contributed by atoms with Gasteiger partial charge < -0.3 is 19.6 Å². The Morgan fingerprint density at radius 1 is 1.32 bits per heavy atom. The first kappa shape index (κ1) is 17.5. The maximum atomic E-state index is 12.3. The lowest BCUT2D eigenvalue weighted by Crippen LogP contribution is -2.48. The Balaban J connectivity index is 4.56. The Hall–Kier alpha value is -1.51. The van der Waals surface area contributed by atoms with Crippen molar-refractivity contribution in [3.8, 4) is 0 Å². The van der Waals surface area contributed by atoms with Crippen LogP contribution in [-0.2, 0) is 9.53 Å². The molecule has 0 heterocycles. The summed E-state index contributed by atoms with van der Waals surface area (Å²) in [6.45, 7) is -0.188. The van der Waals surface area contributed by atoms with E-state index in [9.17, 15) is 22.8 Å². The van der Waals surface area contributed by atoms with Gasteiger partial charge in [0.2, 0.25) is 0 Å². The second-order valence-corrected chi connectivity index (χ2v) is 3.77. The zero-order chi connectivity index (χ0) is 15.1. The number of carboxylic acids is 1. The van der Waals surface area contributed by atoms with Gasteiger partial charge in [0.25, 0.3) is 0 Å². The molecule has 0 aliphatic rings. The molecule has 0 aromatic heterocycles. The molecular weight excluding hydrogens is 269 g/mol. The molecule has 0 fully saturated rings. The molecule has 0 aliphatic heterocycles. The smallest absolute Gasteiger partial charge is 0.406 e. The van der Waals surface area contributed by atoms with Crippen LogP contribution in [0.15, 0.2) is 0 Å². The molecule has 0 radical (unpaired) electrons. The van der Waals surface area contributed by atoms with Crippen LogP contribution in [0.5, 0.6) is 0 Å². The van der Waals surface area contributed by atoms with E-state index in [1.165, 1.54) is 7.05 Å². The number of halogens is 3. The molecule has 0 atom stereocenters. The van der Waals surface area contributed by atoms with Crippen molar-refractivity contribution in [3.63, 3.8) is 0 Å². The van der Waals surface area contributed by atoms with Crippen LogP contribution in [0.2, 0.25) is 0 Å². The summed E-state index contributed by atoms with van der Waals surface area (Å²) < 4.78 is 41.7. The van der Waals surface area contributed by atoms with E-state index in [0.29, 0.717) is 6.61 Å². The van der Waals surface area contributed by atoms with Gasteiger partial charge in [-0.1, -0.05) is 0 Å². The van der Waals surface area contributed by atoms with Gasteiger partial charge >= 0.3 is 18.2 Å². The number of nitrogens with zero attached hydrogens (tertiary/aromatic N) is 2. The van der Waals surface area contributed by atoms with Crippen LogP contribution in [0.3, 0.4) is 0 Å². The molecule has 6 nitrogen and oxygen atoms in total. The Morgan fingerprint density at radius 3 is 2.32 bits per heavy atom. The largest absolute Gasteiger partial charge is 0.480 e. The normalized spacial score (nSPS) is 11.2. The van der Waals surface area contributed by atoms with Gasteiger partial charge in [0.1, 0.15) is 13.1 Å². The lowest BCUT2D eigenvalue weighted by atomic mass is 10.4. The Morgan fingerprint density at radius 2 is 1.89 bits per heavy atom. The molecule has 0 aromatic rings. The van der Waals surface area contributed by atoms with E-state index >= 15 is 0 Å². The minimum atomic E-state index is -4.65. The van der Waals surface area contributed by atoms with Gasteiger partial charge in [-0.15, -0.1) is 0 Å². The predicted octanol–water partition coefficient (Wildman–Crippen LogP) is 1.02. The third-order valence-electron chi connectivity index (χ3n) is 2.07. The van der Waals surface area contributed by atoms with E-state index in [2.05, 4.69) is 0 Å². The highest BCUT2D eigenvalue weighted by atomic mass is 19.4. The van der Waals surface area contributed by atoms with Crippen LogP contribution in [0.4, 0.5) is 18.0 Å². The van der Waals surface area contributed by atoms with Crippen molar-refractivity contribution in [3.05, 3.63) is 0 Å². The first-order chi connectivity index (χ1) is 8.67. The maximum absolute atomic E-state index is 12.3. The maximum Gasteiger partial charge on any atom is 0.406 e. The molecular formula is C10H17F3N2O4. The molecule has 1 N–H and O–H groups in total. The first-order valence-electron chi connectivity index (χ1n) is 5.53. The quantitative estimate of drug-likeness (QED) is 0.709. The molecule has 0 aromatic carbocycles. The Bertz CT molecular complexity index is 310. The van der Waals surface area contributed by atoms with Gasteiger partial charge in [-0.05, 0) is 6.92 Å². The van der Waals surface area contributed by atoms with Crippen molar-refractivity contribution >= 4 is 12.0 Å². The number of hydrogen-bond acceptors (Lipinski definition) is 3. The van der Waals surface area contributed by atoms with Gasteiger partial charge in [0.05, 0.1) is 6.61 Å². The van der Waals surface area contributed by atoms with Crippen molar-refractivity contribution in [2.75, 3.05) is 39.9 Å². The van der Waals surface area contributed by atoms with Crippen molar-refractivity contribution in [1.29, 1.82) is 0 Å². The molecule has 0 aliphatic carbocycles. The lowest BCUT2D eigenvalue weighted by Gasteiger charge is -2.27. The summed E-state index contributed by atoms with van der Waals surface area (Å²) in [5, 5.41) is 8.52. The molecule has 0 spiro atoms. The van der Waals surface area contributed by atoms with Gasteiger partial charge in [-0.25, -0.2) is 4.79 Å². The number of carbonyl (C=O) groups is 2. The highest BCUT2D eigenvalue weighted by molar-refractivity contribution is 5.80. The highest BCUT2D eigenvalue weighted by Crippen LogP contribution is 2.17. The molecule has 19 heavy (non-hydrogen) atoms. The number of carboxylic acid groups (broad SMARTS) is 1. The zero-order valence-corrected chi connectivity index (χ0v) is 10.7. The van der Waals surface area contributed by atoms with Crippen LogP contribution in [-0.4, -0.2) is 73.0 Å². The van der Waals surface area contributed by atoms with Crippen LogP contribution in [0.25, 0.3) is 0 Å². The fourth-order valence-corrected chi connectivity index (χ4v) is 1.25. The lowest BCUT2D eigenvalue weighted by molar-refractivity contribution is -0.149. The van der Waals surface area contributed by atoms with E-state index in [-0.39, 0.29) is 18.1 Å². The molecule has 0 saturated carbocycles. The third kappa shape index (κ3) is 8.25. The topological polar surface area (TPSA) is 70.1 Å². The van der Waals surface area contributed by atoms with Gasteiger partial charge in [0.15, 0.2) is 0 Å². The summed E-state index contributed by atoms with van der Waals surface area (Å²) in [6, 6.07) is -1.00. The fourth-order valence-electron chi connectivity index (χ4n) is 1.25. The number of alkyl halides is 3. The van der Waals surface area contributed by atoms with Gasteiger partial charge in [0, 0.05) is 20.2 Å². The van der Waals surface area contributed by atoms with E-state index in [0.717, 1.165) is 4.90 Å². The number of amides is 2. The van der Waals surface area contributed by atoms with Crippen LogP contribution >= 0.6 is 0 Å². The van der Waals surface area contributed by atoms with E-state index in [4.69, 9.17) is 9.84 Å². The minimum absolute atomic E-state index is 0.0840. The Kier molecular flexibility index (Phi) is 7.20. The van der Waals surface area contributed by atoms with Crippen molar-refractivity contribution in [2.24, 2.45) is 0 Å². The summed E-state index contributed by atoms with van der Waals surface area (Å²) in [5.41, 5.74) is 0. The van der Waals surface area contributed by atoms with Crippen LogP contribution in [0, 0.1) is 0 Å². The predicted molar refractivity (Wildman–Crippen MR) is 59.8 cm³/mol. The number of likely N-dealkylation sites (N-methyl/N-ethyl adjacent to an activating group) is 1. The second kappa shape index (κ2) is 7.82. The van der Waals surface area contributed by atoms with Crippen molar-refractivity contribution < 1.29 is 32.6 Å². The summed E-state index contributed by atoms with van der Waals surface area (Å²) in [4.78, 5) is 23.4. The van der Waals surface area contributed by atoms with Gasteiger partial charge in [-0.3, -0.25) is 4.79 Å². The molecule has 9 heteroatoms. The minimum Gasteiger partial charge on any atom is -0.480 e. The van der Waals surface area contributed by atoms with E-state index in [1.54, 1.807) is 6.92 Å². The molecule has 0 bridgehead atoms. The monoisotopic (exact) mass is 286 g/mol. The second-order valence-electron chi connectivity index (χ2n) is 3.77. The zero-order valence-electron chi connectivity index (χ0n) is 10.7. The summed E-state index contributed by atoms with van der Waals surface area (Å²) in [6.07, 6.45) is -4.65. The summed E-state index contributed by atoms with van der Waals surface area (Å²) >= 11 is 0. The number of aliphatic carboxylic acids is 1. The summed E-state index contributed by atoms with van der Waals surface area (Å²) in [5.74, 6) is -1.50. The number of urea groups is 1. The van der Waals surface area contributed by atoms with E-state index in [1.807, 2.05) is 0 Å². The summed E-state index contributed by atoms with van der Waals surface area (Å²) in [7, 11) is 1.28. The van der Waals surface area contributed by atoms with Crippen molar-refractivity contribution in [2.45, 2.75) is 13.1 Å². The molecule has 0 unspecified atom stereocenters. The average molecular weight is 286 g/mol. The Labute approximate surface area is 108 Å². The molecule has 0 rings (SSSR count). The number of hydrogen-bond donors (Lipinski definition) is 1. The fraction of sp³-hybridized carbons (Fsp3) is 0.800. The highest BCUT2D eigenvalue weighted by Gasteiger charge is 2.34. The standard InChI is InChI=1S/C10H17F3N2O4/c1-3-19-5-4-14(2)9(18)15(6-8(16)17)7-10(11,12)13/h3-7H2,1-2H3,(H,16,17). The SMILES string of the molecule is CCOCCN(C)C(=O)N(CC(=O)O)CC(F)(F)F. The van der Waals surface area contributed by atoms with Gasteiger partial charge in [-0.2, -0.15) is 13.2 Å². The molecule has 0 saturated heterocycles. The van der Waals surface area contributed by atoms with Crippen LogP contribution in [0.1, 0.15) is 6.92 Å². The molecule has 2 amide bonds. The van der Waals surface area contributed by atoms with E-state index < -0.39 is 31.3 Å². The van der Waals surface area contributed by atoms with Crippen molar-refractivity contribution in [1.82, 2.24) is 9.80 Å². The number of carbonyl (C=O) groups excluding carboxylic acids is 1. The average Bonchev–Trinajstić information content (AvgIpc) is 2.24. The van der Waals surface area contributed by atoms with Crippen LogP contribution < -0.4 is 0 Å². The number of rotatable bonds is 7. The third-order valence-corrected chi connectivity index (χ3v) is 2.07. The molecule has 112 valence electrons. The number of ether oxygens (including phenoxy) is 1. The first-order valence-corrected chi connectivity index (χ1v) is 5.53.